The van der Waals surface area contributed by atoms with Crippen LogP contribution < -0.4 is 10.6 Å². The van der Waals surface area contributed by atoms with Gasteiger partial charge in [-0.2, -0.15) is 0 Å². The fourth-order valence-corrected chi connectivity index (χ4v) is 6.86. The molecule has 0 radical (unpaired) electrons. The van der Waals surface area contributed by atoms with Crippen molar-refractivity contribution in [3.63, 3.8) is 0 Å². The van der Waals surface area contributed by atoms with Gasteiger partial charge in [-0.1, -0.05) is 127 Å². The van der Waals surface area contributed by atoms with Gasteiger partial charge in [0.05, 0.1) is 0 Å². The Kier molecular flexibility index (Phi) is 5.42. The van der Waals surface area contributed by atoms with E-state index < -0.39 is 7.92 Å². The molecule has 0 aliphatic heterocycles. The SMILES string of the molecule is C1=C(c2ccccc2)C=C(c2ccccc2)C1P(c1ccccc1)c1ccccc1. The van der Waals surface area contributed by atoms with Crippen molar-refractivity contribution in [2.45, 2.75) is 5.66 Å². The van der Waals surface area contributed by atoms with Gasteiger partial charge in [0.15, 0.2) is 0 Å². The van der Waals surface area contributed by atoms with E-state index >= 15 is 0 Å². The van der Waals surface area contributed by atoms with Crippen molar-refractivity contribution in [1.82, 2.24) is 0 Å². The summed E-state index contributed by atoms with van der Waals surface area (Å²) in [4.78, 5) is 0. The zero-order valence-electron chi connectivity index (χ0n) is 16.7. The van der Waals surface area contributed by atoms with E-state index in [1.165, 1.54) is 32.9 Å². The lowest BCUT2D eigenvalue weighted by atomic mass is 10.0. The van der Waals surface area contributed by atoms with Gasteiger partial charge >= 0.3 is 0 Å². The number of allylic oxidation sites excluding steroid dienone is 4. The van der Waals surface area contributed by atoms with Crippen LogP contribution in [0.2, 0.25) is 0 Å². The minimum absolute atomic E-state index is 0.336. The molecule has 30 heavy (non-hydrogen) atoms. The third kappa shape index (κ3) is 3.80. The predicted molar refractivity (Wildman–Crippen MR) is 132 cm³/mol. The lowest BCUT2D eigenvalue weighted by molar-refractivity contribution is 1.43. The van der Waals surface area contributed by atoms with E-state index in [1.54, 1.807) is 0 Å². The standard InChI is InChI=1S/C29H23P/c1-5-13-23(14-6-1)25-21-28(24-15-7-2-8-16-24)29(22-25)30(26-17-9-3-10-18-26)27-19-11-4-12-20-27/h1-22,29H. The number of hydrogen-bond acceptors (Lipinski definition) is 0. The summed E-state index contributed by atoms with van der Waals surface area (Å²) in [6.45, 7) is 0. The first-order chi connectivity index (χ1) is 14.9. The fraction of sp³-hybridized carbons (Fsp3) is 0.0345. The molecule has 0 N–H and O–H groups in total. The van der Waals surface area contributed by atoms with Crippen LogP contribution in [0.15, 0.2) is 133 Å². The maximum absolute atomic E-state index is 2.49. The Morgan fingerprint density at radius 2 is 0.900 bits per heavy atom. The molecule has 1 aliphatic rings. The van der Waals surface area contributed by atoms with Crippen LogP contribution >= 0.6 is 7.92 Å². The minimum atomic E-state index is -0.577. The van der Waals surface area contributed by atoms with Crippen molar-refractivity contribution < 1.29 is 0 Å². The molecule has 4 aromatic rings. The molecular weight excluding hydrogens is 379 g/mol. The quantitative estimate of drug-likeness (QED) is 0.327. The van der Waals surface area contributed by atoms with Crippen molar-refractivity contribution in [3.8, 4) is 0 Å². The van der Waals surface area contributed by atoms with Gasteiger partial charge in [-0.3, -0.25) is 0 Å². The smallest absolute Gasteiger partial charge is 0.0317 e. The highest BCUT2D eigenvalue weighted by Crippen LogP contribution is 2.51. The van der Waals surface area contributed by atoms with Crippen LogP contribution in [0.5, 0.6) is 0 Å². The number of rotatable bonds is 5. The zero-order valence-corrected chi connectivity index (χ0v) is 17.6. The highest BCUT2D eigenvalue weighted by atomic mass is 31.1. The van der Waals surface area contributed by atoms with Gasteiger partial charge in [-0.05, 0) is 46.9 Å². The molecular formula is C29H23P. The van der Waals surface area contributed by atoms with Gasteiger partial charge < -0.3 is 0 Å². The normalized spacial score (nSPS) is 15.7. The van der Waals surface area contributed by atoms with E-state index in [0.29, 0.717) is 5.66 Å². The molecule has 4 aromatic carbocycles. The van der Waals surface area contributed by atoms with Gasteiger partial charge in [-0.25, -0.2) is 0 Å². The molecule has 0 saturated carbocycles. The van der Waals surface area contributed by atoms with E-state index in [1.807, 2.05) is 0 Å². The first-order valence-electron chi connectivity index (χ1n) is 10.3. The Bertz CT molecular complexity index is 1120. The van der Waals surface area contributed by atoms with Crippen molar-refractivity contribution >= 4 is 29.7 Å². The van der Waals surface area contributed by atoms with Crippen molar-refractivity contribution in [3.05, 3.63) is 145 Å². The molecule has 144 valence electrons. The van der Waals surface area contributed by atoms with Crippen LogP contribution in [-0.2, 0) is 0 Å². The highest BCUT2D eigenvalue weighted by molar-refractivity contribution is 7.74. The van der Waals surface area contributed by atoms with E-state index in [9.17, 15) is 0 Å². The van der Waals surface area contributed by atoms with Crippen molar-refractivity contribution in [2.75, 3.05) is 0 Å². The summed E-state index contributed by atoms with van der Waals surface area (Å²) in [5, 5.41) is 2.83. The Balaban J connectivity index is 1.68. The van der Waals surface area contributed by atoms with Crippen LogP contribution in [0.1, 0.15) is 11.1 Å². The Hall–Kier alpha value is -3.21. The minimum Gasteiger partial charge on any atom is -0.0642 e. The van der Waals surface area contributed by atoms with Gasteiger partial charge in [0, 0.05) is 5.66 Å². The first-order valence-corrected chi connectivity index (χ1v) is 11.7. The molecule has 0 heterocycles. The Labute approximate surface area is 180 Å². The molecule has 0 amide bonds. The zero-order chi connectivity index (χ0) is 20.2. The summed E-state index contributed by atoms with van der Waals surface area (Å²) >= 11 is 0. The molecule has 0 spiro atoms. The molecule has 0 saturated heterocycles. The molecule has 5 rings (SSSR count). The summed E-state index contributed by atoms with van der Waals surface area (Å²) < 4.78 is 0. The third-order valence-corrected chi connectivity index (χ3v) is 8.22. The maximum atomic E-state index is 2.49. The molecule has 0 aromatic heterocycles. The lowest BCUT2D eigenvalue weighted by Gasteiger charge is -2.27. The average molecular weight is 402 g/mol. The topological polar surface area (TPSA) is 0 Å². The van der Waals surface area contributed by atoms with Crippen LogP contribution in [0.4, 0.5) is 0 Å². The largest absolute Gasteiger partial charge is 0.0642 e. The second-order valence-corrected chi connectivity index (χ2v) is 9.77. The van der Waals surface area contributed by atoms with E-state index in [0.717, 1.165) is 0 Å². The van der Waals surface area contributed by atoms with Crippen LogP contribution in [0.25, 0.3) is 11.1 Å². The summed E-state index contributed by atoms with van der Waals surface area (Å²) in [7, 11) is -0.577. The lowest BCUT2D eigenvalue weighted by Crippen LogP contribution is -2.20. The van der Waals surface area contributed by atoms with E-state index in [2.05, 4.69) is 133 Å². The maximum Gasteiger partial charge on any atom is 0.0317 e. The van der Waals surface area contributed by atoms with Crippen LogP contribution in [0.3, 0.4) is 0 Å². The summed E-state index contributed by atoms with van der Waals surface area (Å²) in [5.41, 5.74) is 5.66. The summed E-state index contributed by atoms with van der Waals surface area (Å²) in [6, 6.07) is 43.6. The monoisotopic (exact) mass is 402 g/mol. The van der Waals surface area contributed by atoms with Gasteiger partial charge in [0.25, 0.3) is 0 Å². The first kappa shape index (κ1) is 18.8. The number of benzene rings is 4. The second kappa shape index (κ2) is 8.66. The molecule has 0 bridgehead atoms. The van der Waals surface area contributed by atoms with Crippen LogP contribution in [-0.4, -0.2) is 5.66 Å². The molecule has 0 fully saturated rings. The molecule has 1 aliphatic carbocycles. The predicted octanol–water partition coefficient (Wildman–Crippen LogP) is 6.67. The Morgan fingerprint density at radius 3 is 1.40 bits per heavy atom. The number of hydrogen-bond donors (Lipinski definition) is 0. The summed E-state index contributed by atoms with van der Waals surface area (Å²) in [5.74, 6) is 0. The van der Waals surface area contributed by atoms with Gasteiger partial charge in [0.2, 0.25) is 0 Å². The van der Waals surface area contributed by atoms with Crippen molar-refractivity contribution in [2.24, 2.45) is 0 Å². The van der Waals surface area contributed by atoms with E-state index in [-0.39, 0.29) is 0 Å². The summed E-state index contributed by atoms with van der Waals surface area (Å²) in [6.07, 6.45) is 4.89. The third-order valence-electron chi connectivity index (χ3n) is 5.53. The second-order valence-electron chi connectivity index (χ2n) is 7.44. The average Bonchev–Trinajstić information content (AvgIpc) is 3.27. The van der Waals surface area contributed by atoms with Gasteiger partial charge in [0.1, 0.15) is 0 Å². The Morgan fingerprint density at radius 1 is 0.467 bits per heavy atom. The van der Waals surface area contributed by atoms with Gasteiger partial charge in [-0.15, -0.1) is 0 Å². The van der Waals surface area contributed by atoms with Crippen molar-refractivity contribution in [1.29, 1.82) is 0 Å². The molecule has 1 unspecified atom stereocenters. The van der Waals surface area contributed by atoms with E-state index in [4.69, 9.17) is 0 Å². The highest BCUT2D eigenvalue weighted by Gasteiger charge is 2.30. The molecule has 1 heteroatoms. The fourth-order valence-electron chi connectivity index (χ4n) is 4.12. The molecule has 0 nitrogen and oxygen atoms in total. The molecule has 1 atom stereocenters. The van der Waals surface area contributed by atoms with Crippen LogP contribution in [0, 0.1) is 0 Å².